The van der Waals surface area contributed by atoms with Gasteiger partial charge in [0.25, 0.3) is 0 Å². The third kappa shape index (κ3) is 4.59. The van der Waals surface area contributed by atoms with E-state index in [1.165, 1.54) is 24.0 Å². The minimum atomic E-state index is -0.192. The summed E-state index contributed by atoms with van der Waals surface area (Å²) < 4.78 is 10.7. The van der Waals surface area contributed by atoms with Gasteiger partial charge in [-0.1, -0.05) is 12.1 Å². The van der Waals surface area contributed by atoms with E-state index in [1.807, 2.05) is 36.4 Å². The molecule has 1 aliphatic rings. The van der Waals surface area contributed by atoms with E-state index in [-0.39, 0.29) is 6.03 Å². The predicted molar refractivity (Wildman–Crippen MR) is 112 cm³/mol. The molecule has 1 aliphatic carbocycles. The van der Waals surface area contributed by atoms with E-state index in [9.17, 15) is 4.79 Å². The zero-order chi connectivity index (χ0) is 20.1. The summed E-state index contributed by atoms with van der Waals surface area (Å²) in [5.41, 5.74) is 5.23. The summed E-state index contributed by atoms with van der Waals surface area (Å²) in [4.78, 5) is 16.8. The second kappa shape index (κ2) is 8.82. The van der Waals surface area contributed by atoms with Crippen molar-refractivity contribution in [3.8, 4) is 17.2 Å². The fourth-order valence-electron chi connectivity index (χ4n) is 3.66. The number of anilines is 1. The number of nitrogens with one attached hydrogen (secondary N) is 2. The number of benzene rings is 2. The van der Waals surface area contributed by atoms with Crippen molar-refractivity contribution in [3.05, 3.63) is 65.5 Å². The molecule has 6 heteroatoms. The van der Waals surface area contributed by atoms with Gasteiger partial charge < -0.3 is 19.8 Å². The molecular weight excluding hydrogens is 366 g/mol. The first kappa shape index (κ1) is 19.1. The average molecular weight is 391 g/mol. The summed E-state index contributed by atoms with van der Waals surface area (Å²) in [6, 6.07) is 13.5. The number of fused-ring (bicyclic) bond motifs is 1. The first-order chi connectivity index (χ1) is 14.2. The Morgan fingerprint density at radius 2 is 1.97 bits per heavy atom. The quantitative estimate of drug-likeness (QED) is 0.644. The van der Waals surface area contributed by atoms with E-state index in [4.69, 9.17) is 9.15 Å². The number of urea groups is 1. The van der Waals surface area contributed by atoms with Crippen molar-refractivity contribution in [2.45, 2.75) is 32.1 Å². The van der Waals surface area contributed by atoms with Crippen LogP contribution in [0.4, 0.5) is 10.5 Å². The average Bonchev–Trinajstić information content (AvgIpc) is 3.23. The van der Waals surface area contributed by atoms with Crippen molar-refractivity contribution in [1.29, 1.82) is 0 Å². The van der Waals surface area contributed by atoms with Gasteiger partial charge in [0.2, 0.25) is 5.89 Å². The number of rotatable bonds is 6. The number of methoxy groups -OCH3 is 1. The van der Waals surface area contributed by atoms with Gasteiger partial charge in [0, 0.05) is 24.2 Å². The molecule has 0 radical (unpaired) electrons. The van der Waals surface area contributed by atoms with Gasteiger partial charge in [-0.15, -0.1) is 0 Å². The maximum absolute atomic E-state index is 12.3. The van der Waals surface area contributed by atoms with Gasteiger partial charge in [-0.05, 0) is 67.1 Å². The summed E-state index contributed by atoms with van der Waals surface area (Å²) in [7, 11) is 1.63. The number of hydrogen-bond donors (Lipinski definition) is 2. The lowest BCUT2D eigenvalue weighted by Gasteiger charge is -2.19. The van der Waals surface area contributed by atoms with Crippen LogP contribution in [-0.2, 0) is 19.3 Å². The van der Waals surface area contributed by atoms with Crippen molar-refractivity contribution >= 4 is 11.7 Å². The molecule has 0 saturated heterocycles. The fraction of sp³-hybridized carbons (Fsp3) is 0.304. The summed E-state index contributed by atoms with van der Waals surface area (Å²) >= 11 is 0. The molecule has 0 spiro atoms. The Kier molecular flexibility index (Phi) is 5.79. The molecule has 6 nitrogen and oxygen atoms in total. The zero-order valence-electron chi connectivity index (χ0n) is 16.5. The first-order valence-electron chi connectivity index (χ1n) is 9.97. The van der Waals surface area contributed by atoms with Gasteiger partial charge in [0.15, 0.2) is 0 Å². The molecule has 0 atom stereocenters. The molecule has 29 heavy (non-hydrogen) atoms. The largest absolute Gasteiger partial charge is 0.497 e. The summed E-state index contributed by atoms with van der Waals surface area (Å²) in [6.07, 6.45) is 6.75. The van der Waals surface area contributed by atoms with Crippen LogP contribution < -0.4 is 15.4 Å². The highest BCUT2D eigenvalue weighted by molar-refractivity contribution is 5.90. The SMILES string of the molecule is COc1ccc(-c2nc(CCNC(=O)Nc3cccc4c3CCCC4)co2)cc1. The van der Waals surface area contributed by atoms with Crippen LogP contribution >= 0.6 is 0 Å². The van der Waals surface area contributed by atoms with Crippen molar-refractivity contribution in [3.63, 3.8) is 0 Å². The number of aryl methyl sites for hydroxylation is 1. The van der Waals surface area contributed by atoms with Crippen LogP contribution in [0, 0.1) is 0 Å². The van der Waals surface area contributed by atoms with Crippen molar-refractivity contribution in [2.24, 2.45) is 0 Å². The Morgan fingerprint density at radius 1 is 1.14 bits per heavy atom. The van der Waals surface area contributed by atoms with Crippen LogP contribution in [0.2, 0.25) is 0 Å². The molecule has 0 aliphatic heterocycles. The number of amides is 2. The molecule has 3 aromatic rings. The molecule has 2 N–H and O–H groups in total. The minimum Gasteiger partial charge on any atom is -0.497 e. The first-order valence-corrected chi connectivity index (χ1v) is 9.97. The number of aromatic nitrogens is 1. The Hall–Kier alpha value is -3.28. The molecule has 4 rings (SSSR count). The standard InChI is InChI=1S/C23H25N3O3/c1-28-19-11-9-17(10-12-19)22-25-18(15-29-22)13-14-24-23(27)26-21-8-4-6-16-5-2-3-7-20(16)21/h4,6,8-12,15H,2-3,5,7,13-14H2,1H3,(H2,24,26,27). The monoisotopic (exact) mass is 391 g/mol. The molecule has 1 heterocycles. The summed E-state index contributed by atoms with van der Waals surface area (Å²) in [6.45, 7) is 0.482. The second-order valence-corrected chi connectivity index (χ2v) is 7.15. The van der Waals surface area contributed by atoms with Gasteiger partial charge in [-0.25, -0.2) is 9.78 Å². The smallest absolute Gasteiger partial charge is 0.319 e. The van der Waals surface area contributed by atoms with E-state index >= 15 is 0 Å². The van der Waals surface area contributed by atoms with Crippen molar-refractivity contribution in [2.75, 3.05) is 19.0 Å². The number of carbonyl (C=O) groups excluding carboxylic acids is 1. The molecule has 2 amide bonds. The molecule has 0 unspecified atom stereocenters. The normalized spacial score (nSPS) is 12.9. The fourth-order valence-corrected chi connectivity index (χ4v) is 3.66. The highest BCUT2D eigenvalue weighted by atomic mass is 16.5. The molecule has 0 bridgehead atoms. The van der Waals surface area contributed by atoms with Crippen LogP contribution in [0.1, 0.15) is 29.7 Å². The van der Waals surface area contributed by atoms with Gasteiger partial charge >= 0.3 is 6.03 Å². The molecule has 150 valence electrons. The van der Waals surface area contributed by atoms with Crippen LogP contribution in [-0.4, -0.2) is 24.7 Å². The van der Waals surface area contributed by atoms with Gasteiger partial charge in [-0.2, -0.15) is 0 Å². The number of ether oxygens (including phenoxy) is 1. The number of nitrogens with zero attached hydrogens (tertiary/aromatic N) is 1. The van der Waals surface area contributed by atoms with E-state index in [0.29, 0.717) is 18.9 Å². The Labute approximate surface area is 170 Å². The highest BCUT2D eigenvalue weighted by Gasteiger charge is 2.14. The van der Waals surface area contributed by atoms with E-state index in [0.717, 1.165) is 35.5 Å². The van der Waals surface area contributed by atoms with Crippen LogP contribution in [0.3, 0.4) is 0 Å². The zero-order valence-corrected chi connectivity index (χ0v) is 16.5. The van der Waals surface area contributed by atoms with Crippen LogP contribution in [0.5, 0.6) is 5.75 Å². The topological polar surface area (TPSA) is 76.4 Å². The van der Waals surface area contributed by atoms with Gasteiger partial charge in [-0.3, -0.25) is 0 Å². The maximum Gasteiger partial charge on any atom is 0.319 e. The minimum absolute atomic E-state index is 0.192. The van der Waals surface area contributed by atoms with Gasteiger partial charge in [0.05, 0.1) is 12.8 Å². The Bertz CT molecular complexity index is 979. The molecule has 0 fully saturated rings. The maximum atomic E-state index is 12.3. The number of oxazole rings is 1. The second-order valence-electron chi connectivity index (χ2n) is 7.15. The third-order valence-electron chi connectivity index (χ3n) is 5.20. The molecule has 1 aromatic heterocycles. The van der Waals surface area contributed by atoms with Crippen molar-refractivity contribution < 1.29 is 13.9 Å². The van der Waals surface area contributed by atoms with E-state index in [1.54, 1.807) is 13.4 Å². The lowest BCUT2D eigenvalue weighted by Crippen LogP contribution is -2.31. The summed E-state index contributed by atoms with van der Waals surface area (Å²) in [5, 5.41) is 5.89. The third-order valence-corrected chi connectivity index (χ3v) is 5.20. The lowest BCUT2D eigenvalue weighted by molar-refractivity contribution is 0.252. The number of hydrogen-bond acceptors (Lipinski definition) is 4. The van der Waals surface area contributed by atoms with Gasteiger partial charge in [0.1, 0.15) is 12.0 Å². The molecule has 2 aromatic carbocycles. The number of carbonyl (C=O) groups is 1. The van der Waals surface area contributed by atoms with Crippen molar-refractivity contribution in [1.82, 2.24) is 10.3 Å². The molecular formula is C23H25N3O3. The lowest BCUT2D eigenvalue weighted by atomic mass is 9.90. The summed E-state index contributed by atoms with van der Waals surface area (Å²) in [5.74, 6) is 1.35. The van der Waals surface area contributed by atoms with Crippen LogP contribution in [0.15, 0.2) is 53.1 Å². The van der Waals surface area contributed by atoms with E-state index < -0.39 is 0 Å². The van der Waals surface area contributed by atoms with Crippen LogP contribution in [0.25, 0.3) is 11.5 Å². The Morgan fingerprint density at radius 3 is 2.79 bits per heavy atom. The Balaban J connectivity index is 1.29. The highest BCUT2D eigenvalue weighted by Crippen LogP contribution is 2.27. The molecule has 0 saturated carbocycles. The van der Waals surface area contributed by atoms with E-state index in [2.05, 4.69) is 21.7 Å². The predicted octanol–water partition coefficient (Wildman–Crippen LogP) is 4.59.